The van der Waals surface area contributed by atoms with Crippen LogP contribution in [-0.2, 0) is 0 Å². The van der Waals surface area contributed by atoms with Gasteiger partial charge in [-0.2, -0.15) is 0 Å². The topological polar surface area (TPSA) is 86.3 Å². The van der Waals surface area contributed by atoms with Gasteiger partial charge in [-0.25, -0.2) is 0 Å². The van der Waals surface area contributed by atoms with Crippen LogP contribution in [0.1, 0.15) is 0 Å². The zero-order valence-corrected chi connectivity index (χ0v) is 10.4. The lowest BCUT2D eigenvalue weighted by Gasteiger charge is -2.02. The van der Waals surface area contributed by atoms with Crippen LogP contribution in [0.2, 0.25) is 0 Å². The number of hydrogen-bond acceptors (Lipinski definition) is 5. The molecule has 2 aromatic rings. The molecule has 0 aliphatic rings. The highest BCUT2D eigenvalue weighted by Crippen LogP contribution is 2.36. The number of nitro groups is 2. The highest BCUT2D eigenvalue weighted by molar-refractivity contribution is 7.99. The lowest BCUT2D eigenvalue weighted by Crippen LogP contribution is -1.94. The van der Waals surface area contributed by atoms with E-state index in [-0.39, 0.29) is 11.4 Å². The third kappa shape index (κ3) is 3.08. The maximum atomic E-state index is 11.0. The first-order chi connectivity index (χ1) is 9.08. The molecule has 96 valence electrons. The lowest BCUT2D eigenvalue weighted by molar-refractivity contribution is -0.396. The number of nitrogens with zero attached hydrogens (tertiary/aromatic N) is 2. The molecule has 0 saturated heterocycles. The van der Waals surface area contributed by atoms with Gasteiger partial charge in [0.05, 0.1) is 20.8 Å². The van der Waals surface area contributed by atoms with E-state index in [1.165, 1.54) is 23.9 Å². The minimum absolute atomic E-state index is 0.261. The molecule has 0 atom stereocenters. The monoisotopic (exact) mass is 276 g/mol. The molecule has 0 fully saturated rings. The first-order valence-corrected chi connectivity index (χ1v) is 6.05. The molecule has 0 spiro atoms. The normalized spacial score (nSPS) is 10.1. The molecule has 0 unspecified atom stereocenters. The summed E-state index contributed by atoms with van der Waals surface area (Å²) in [6.45, 7) is 0. The van der Waals surface area contributed by atoms with Crippen molar-refractivity contribution in [3.63, 3.8) is 0 Å². The smallest absolute Gasteiger partial charge is 0.258 e. The Bertz CT molecular complexity index is 631. The summed E-state index contributed by atoms with van der Waals surface area (Å²) in [5, 5.41) is 21.6. The largest absolute Gasteiger partial charge is 0.290 e. The number of nitro benzene ring substituents is 2. The van der Waals surface area contributed by atoms with E-state index in [2.05, 4.69) is 0 Å². The van der Waals surface area contributed by atoms with E-state index in [0.717, 1.165) is 11.0 Å². The van der Waals surface area contributed by atoms with Crippen LogP contribution in [0.4, 0.5) is 11.4 Å². The van der Waals surface area contributed by atoms with Gasteiger partial charge in [-0.3, -0.25) is 20.2 Å². The fourth-order valence-corrected chi connectivity index (χ4v) is 2.39. The van der Waals surface area contributed by atoms with Crippen molar-refractivity contribution in [1.82, 2.24) is 0 Å². The van der Waals surface area contributed by atoms with Crippen molar-refractivity contribution < 1.29 is 9.85 Å². The highest BCUT2D eigenvalue weighted by atomic mass is 32.2. The molecule has 0 N–H and O–H groups in total. The van der Waals surface area contributed by atoms with Crippen molar-refractivity contribution in [2.45, 2.75) is 9.79 Å². The van der Waals surface area contributed by atoms with Crippen LogP contribution in [-0.4, -0.2) is 9.85 Å². The lowest BCUT2D eigenvalue weighted by atomic mass is 10.3. The molecule has 0 aliphatic carbocycles. The second-order valence-corrected chi connectivity index (χ2v) is 4.70. The number of rotatable bonds is 4. The Morgan fingerprint density at radius 3 is 2.16 bits per heavy atom. The fraction of sp³-hybridized carbons (Fsp3) is 0. The molecule has 0 saturated carbocycles. The first-order valence-electron chi connectivity index (χ1n) is 5.23. The zero-order chi connectivity index (χ0) is 13.8. The second kappa shape index (κ2) is 5.49. The van der Waals surface area contributed by atoms with Gasteiger partial charge < -0.3 is 0 Å². The summed E-state index contributed by atoms with van der Waals surface area (Å²) >= 11 is 1.20. The standard InChI is InChI=1S/C12H8N2O4S/c15-13(16)9-6-7-12(11(8-9)14(17)18)19-10-4-2-1-3-5-10/h1-8H. The van der Waals surface area contributed by atoms with Crippen LogP contribution in [0, 0.1) is 20.2 Å². The maximum Gasteiger partial charge on any atom is 0.290 e. The zero-order valence-electron chi connectivity index (χ0n) is 9.55. The Morgan fingerprint density at radius 1 is 0.895 bits per heavy atom. The van der Waals surface area contributed by atoms with Crippen LogP contribution >= 0.6 is 11.8 Å². The SMILES string of the molecule is O=[N+]([O-])c1ccc(Sc2ccccc2)c([N+](=O)[O-])c1. The number of non-ortho nitro benzene ring substituents is 1. The molecule has 7 heteroatoms. The summed E-state index contributed by atoms with van der Waals surface area (Å²) in [6.07, 6.45) is 0. The van der Waals surface area contributed by atoms with Gasteiger partial charge in [-0.05, 0) is 18.2 Å². The van der Waals surface area contributed by atoms with E-state index in [1.807, 2.05) is 30.3 Å². The molecule has 0 radical (unpaired) electrons. The third-order valence-electron chi connectivity index (χ3n) is 2.32. The summed E-state index contributed by atoms with van der Waals surface area (Å²) in [5.74, 6) is 0. The van der Waals surface area contributed by atoms with Crippen LogP contribution in [0.5, 0.6) is 0 Å². The summed E-state index contributed by atoms with van der Waals surface area (Å²) in [6, 6.07) is 12.7. The number of hydrogen-bond donors (Lipinski definition) is 0. The molecule has 0 amide bonds. The summed E-state index contributed by atoms with van der Waals surface area (Å²) in [4.78, 5) is 21.5. The van der Waals surface area contributed by atoms with E-state index in [4.69, 9.17) is 0 Å². The van der Waals surface area contributed by atoms with Gasteiger partial charge in [-0.15, -0.1) is 0 Å². The molecule has 2 aromatic carbocycles. The second-order valence-electron chi connectivity index (χ2n) is 3.58. The molecule has 0 aromatic heterocycles. The Morgan fingerprint density at radius 2 is 1.58 bits per heavy atom. The van der Waals surface area contributed by atoms with Gasteiger partial charge in [0.2, 0.25) is 0 Å². The summed E-state index contributed by atoms with van der Waals surface area (Å²) in [5.41, 5.74) is -0.549. The first kappa shape index (κ1) is 13.0. The summed E-state index contributed by atoms with van der Waals surface area (Å²) < 4.78 is 0. The Kier molecular flexibility index (Phi) is 3.76. The van der Waals surface area contributed by atoms with E-state index < -0.39 is 9.85 Å². The summed E-state index contributed by atoms with van der Waals surface area (Å²) in [7, 11) is 0. The fourth-order valence-electron chi connectivity index (χ4n) is 1.46. The molecular formula is C12H8N2O4S. The average Bonchev–Trinajstić information content (AvgIpc) is 2.39. The van der Waals surface area contributed by atoms with Crippen molar-refractivity contribution >= 4 is 23.1 Å². The quantitative estimate of drug-likeness (QED) is 0.628. The minimum Gasteiger partial charge on any atom is -0.258 e. The van der Waals surface area contributed by atoms with Crippen molar-refractivity contribution in [1.29, 1.82) is 0 Å². The van der Waals surface area contributed by atoms with Gasteiger partial charge in [0.1, 0.15) is 0 Å². The average molecular weight is 276 g/mol. The van der Waals surface area contributed by atoms with Gasteiger partial charge in [0.15, 0.2) is 0 Å². The molecular weight excluding hydrogens is 268 g/mol. The van der Waals surface area contributed by atoms with Crippen molar-refractivity contribution in [2.24, 2.45) is 0 Å². The van der Waals surface area contributed by atoms with Gasteiger partial charge in [-0.1, -0.05) is 30.0 Å². The van der Waals surface area contributed by atoms with Crippen LogP contribution in [0.3, 0.4) is 0 Å². The Hall–Kier alpha value is -2.41. The minimum atomic E-state index is -0.649. The third-order valence-corrected chi connectivity index (χ3v) is 3.39. The van der Waals surface area contributed by atoms with Crippen molar-refractivity contribution in [3.05, 3.63) is 68.8 Å². The maximum absolute atomic E-state index is 11.0. The highest BCUT2D eigenvalue weighted by Gasteiger charge is 2.19. The molecule has 6 nitrogen and oxygen atoms in total. The molecule has 19 heavy (non-hydrogen) atoms. The van der Waals surface area contributed by atoms with E-state index >= 15 is 0 Å². The van der Waals surface area contributed by atoms with Crippen LogP contribution in [0.25, 0.3) is 0 Å². The molecule has 0 bridgehead atoms. The van der Waals surface area contributed by atoms with Crippen molar-refractivity contribution in [3.8, 4) is 0 Å². The Labute approximate surface area is 112 Å². The number of benzene rings is 2. The Balaban J connectivity index is 2.40. The molecule has 0 heterocycles. The predicted octanol–water partition coefficient (Wildman–Crippen LogP) is 3.65. The van der Waals surface area contributed by atoms with E-state index in [0.29, 0.717) is 4.90 Å². The van der Waals surface area contributed by atoms with Gasteiger partial charge >= 0.3 is 0 Å². The predicted molar refractivity (Wildman–Crippen MR) is 70.3 cm³/mol. The van der Waals surface area contributed by atoms with Crippen LogP contribution in [0.15, 0.2) is 58.3 Å². The molecule has 0 aliphatic heterocycles. The van der Waals surface area contributed by atoms with Crippen molar-refractivity contribution in [2.75, 3.05) is 0 Å². The van der Waals surface area contributed by atoms with Gasteiger partial charge in [0.25, 0.3) is 11.4 Å². The van der Waals surface area contributed by atoms with E-state index in [9.17, 15) is 20.2 Å². The van der Waals surface area contributed by atoms with Gasteiger partial charge in [0, 0.05) is 11.0 Å². The van der Waals surface area contributed by atoms with E-state index in [1.54, 1.807) is 0 Å². The van der Waals surface area contributed by atoms with Crippen LogP contribution < -0.4 is 0 Å². The molecule has 2 rings (SSSR count).